The lowest BCUT2D eigenvalue weighted by molar-refractivity contribution is -0.140. The Bertz CT molecular complexity index is 2150. The second-order valence-corrected chi connectivity index (χ2v) is 16.6. The minimum absolute atomic E-state index is 0.153. The van der Waals surface area contributed by atoms with E-state index in [4.69, 9.17) is 14.5 Å². The first-order chi connectivity index (χ1) is 28.8. The standard InChI is InChI=1S/C41H54FN11O7/c1-41(2,3)36(40(58)52-10-8-29(54)22-52)49-35(56)25-60-17-16-59-15-9-43-34(55)24-50-11-13-51(14-12-50)39(57)27-6-7-31(30(42)18-27)47-37-38-44-21-33(28-19-45-46-20-28)53(38)23-32(48-37)26-4-5-26/h6-7,18-21,23,26,29,36,54H,4-5,8-17,22,24-25H2,1-3H3,(H,43,55)(H,45,46)(H,47,48)(H,49,56)/t29-,36-/m1/s1. The molecule has 0 bridgehead atoms. The molecular weight excluding hydrogens is 778 g/mol. The van der Waals surface area contributed by atoms with Gasteiger partial charge in [0.25, 0.3) is 5.91 Å². The van der Waals surface area contributed by atoms with Crippen LogP contribution in [0.4, 0.5) is 15.9 Å². The highest BCUT2D eigenvalue weighted by atomic mass is 19.1. The van der Waals surface area contributed by atoms with E-state index in [0.717, 1.165) is 29.8 Å². The zero-order valence-corrected chi connectivity index (χ0v) is 34.3. The quantitative estimate of drug-likeness (QED) is 0.0967. The highest BCUT2D eigenvalue weighted by Crippen LogP contribution is 2.40. The van der Waals surface area contributed by atoms with Crippen LogP contribution >= 0.6 is 0 Å². The van der Waals surface area contributed by atoms with Crippen molar-refractivity contribution < 1.29 is 38.1 Å². The van der Waals surface area contributed by atoms with Gasteiger partial charge in [-0.2, -0.15) is 5.10 Å². The zero-order chi connectivity index (χ0) is 42.4. The molecule has 3 aromatic heterocycles. The first kappa shape index (κ1) is 42.6. The van der Waals surface area contributed by atoms with Gasteiger partial charge in [0.15, 0.2) is 11.5 Å². The van der Waals surface area contributed by atoms with Crippen molar-refractivity contribution >= 4 is 40.8 Å². The number of hydrogen-bond acceptors (Lipinski definition) is 12. The van der Waals surface area contributed by atoms with E-state index >= 15 is 4.39 Å². The lowest BCUT2D eigenvalue weighted by Crippen LogP contribution is -2.55. The van der Waals surface area contributed by atoms with E-state index in [-0.39, 0.29) is 75.0 Å². The summed E-state index contributed by atoms with van der Waals surface area (Å²) in [6, 6.07) is 3.62. The third-order valence-corrected chi connectivity index (χ3v) is 10.9. The van der Waals surface area contributed by atoms with Crippen LogP contribution < -0.4 is 16.0 Å². The first-order valence-corrected chi connectivity index (χ1v) is 20.5. The summed E-state index contributed by atoms with van der Waals surface area (Å²) in [4.78, 5) is 66.0. The number of nitrogens with one attached hydrogen (secondary N) is 4. The Morgan fingerprint density at radius 1 is 0.983 bits per heavy atom. The third kappa shape index (κ3) is 10.6. The van der Waals surface area contributed by atoms with Gasteiger partial charge in [0.2, 0.25) is 17.7 Å². The van der Waals surface area contributed by atoms with Gasteiger partial charge in [0.1, 0.15) is 18.5 Å². The highest BCUT2D eigenvalue weighted by Gasteiger charge is 2.38. The van der Waals surface area contributed by atoms with Crippen LogP contribution in [-0.4, -0.2) is 159 Å². The van der Waals surface area contributed by atoms with Crippen molar-refractivity contribution in [3.05, 3.63) is 60.1 Å². The topological polar surface area (TPSA) is 212 Å². The molecule has 1 saturated carbocycles. The molecule has 18 nitrogen and oxygen atoms in total. The molecule has 0 radical (unpaired) electrons. The van der Waals surface area contributed by atoms with Crippen molar-refractivity contribution in [2.75, 3.05) is 84.1 Å². The molecule has 2 atom stereocenters. The fraction of sp³-hybridized carbons (Fsp3) is 0.537. The summed E-state index contributed by atoms with van der Waals surface area (Å²) in [5.41, 5.74) is 3.02. The van der Waals surface area contributed by atoms with E-state index in [1.807, 2.05) is 36.3 Å². The maximum absolute atomic E-state index is 15.5. The molecule has 2 aliphatic heterocycles. The van der Waals surface area contributed by atoms with Crippen LogP contribution in [0.15, 0.2) is 43.0 Å². The highest BCUT2D eigenvalue weighted by molar-refractivity contribution is 5.95. The fourth-order valence-corrected chi connectivity index (χ4v) is 7.32. The van der Waals surface area contributed by atoms with Gasteiger partial charge in [0.05, 0.1) is 61.9 Å². The minimum atomic E-state index is -0.748. The van der Waals surface area contributed by atoms with Crippen molar-refractivity contribution in [1.29, 1.82) is 0 Å². The molecule has 60 heavy (non-hydrogen) atoms. The molecule has 322 valence electrons. The number of aromatic amines is 1. The molecular formula is C41H54FN11O7. The van der Waals surface area contributed by atoms with Crippen LogP contribution in [0, 0.1) is 11.2 Å². The van der Waals surface area contributed by atoms with Gasteiger partial charge >= 0.3 is 0 Å². The van der Waals surface area contributed by atoms with Crippen molar-refractivity contribution in [3.8, 4) is 11.3 Å². The molecule has 7 rings (SSSR count). The van der Waals surface area contributed by atoms with Crippen molar-refractivity contribution in [3.63, 3.8) is 0 Å². The van der Waals surface area contributed by atoms with E-state index in [1.165, 1.54) is 6.07 Å². The molecule has 5 N–H and O–H groups in total. The lowest BCUT2D eigenvalue weighted by atomic mass is 9.85. The monoisotopic (exact) mass is 831 g/mol. The molecule has 1 aromatic carbocycles. The molecule has 1 aliphatic carbocycles. The van der Waals surface area contributed by atoms with Gasteiger partial charge in [-0.3, -0.25) is 33.6 Å². The molecule has 2 saturated heterocycles. The number of nitrogens with zero attached hydrogens (tertiary/aromatic N) is 7. The number of piperazine rings is 1. The number of β-amino-alcohol motifs (C(OH)–C–C–N with tert-alkyl or cyclic N) is 1. The normalized spacial score (nSPS) is 17.9. The zero-order valence-electron chi connectivity index (χ0n) is 34.3. The third-order valence-electron chi connectivity index (χ3n) is 10.9. The number of aliphatic hydroxyl groups excluding tert-OH is 1. The number of carbonyl (C=O) groups excluding carboxylic acids is 4. The number of imidazole rings is 1. The number of anilines is 2. The van der Waals surface area contributed by atoms with Crippen molar-refractivity contribution in [2.45, 2.75) is 58.1 Å². The van der Waals surface area contributed by atoms with Crippen LogP contribution in [0.3, 0.4) is 0 Å². The summed E-state index contributed by atoms with van der Waals surface area (Å²) in [7, 11) is 0. The minimum Gasteiger partial charge on any atom is -0.391 e. The molecule has 5 heterocycles. The number of halogens is 1. The van der Waals surface area contributed by atoms with Crippen LogP contribution in [0.1, 0.15) is 62.0 Å². The molecule has 3 aliphatic rings. The Morgan fingerprint density at radius 2 is 1.77 bits per heavy atom. The van der Waals surface area contributed by atoms with E-state index in [0.29, 0.717) is 56.5 Å². The Hall–Kier alpha value is -5.50. The summed E-state index contributed by atoms with van der Waals surface area (Å²) in [5, 5.41) is 25.4. The maximum Gasteiger partial charge on any atom is 0.254 e. The SMILES string of the molecule is CC(C)(C)[C@H](NC(=O)COCCOCCNC(=O)CN1CCN(C(=O)c2ccc(Nc3nc(C4CC4)cn4c(-c5cn[nH]c5)cnc34)c(F)c2)CC1)C(=O)N1CC[C@@H](O)C1. The fourth-order valence-electron chi connectivity index (χ4n) is 7.32. The number of likely N-dealkylation sites (tertiary alicyclic amines) is 1. The Kier molecular flexibility index (Phi) is 13.4. The molecule has 4 amide bonds. The summed E-state index contributed by atoms with van der Waals surface area (Å²) in [6.45, 7) is 8.91. The lowest BCUT2D eigenvalue weighted by Gasteiger charge is -2.34. The molecule has 0 unspecified atom stereocenters. The predicted molar refractivity (Wildman–Crippen MR) is 218 cm³/mol. The maximum atomic E-state index is 15.5. The predicted octanol–water partition coefficient (Wildman–Crippen LogP) is 1.91. The summed E-state index contributed by atoms with van der Waals surface area (Å²) in [6.07, 6.45) is 9.27. The van der Waals surface area contributed by atoms with Gasteiger partial charge in [-0.15, -0.1) is 0 Å². The number of hydrogen-bond donors (Lipinski definition) is 5. The van der Waals surface area contributed by atoms with E-state index in [2.05, 4.69) is 31.1 Å². The number of ether oxygens (including phenoxy) is 2. The van der Waals surface area contributed by atoms with E-state index < -0.39 is 29.3 Å². The van der Waals surface area contributed by atoms with Gasteiger partial charge in [-0.05, 0) is 42.9 Å². The average molecular weight is 832 g/mol. The Labute approximate surface area is 347 Å². The summed E-state index contributed by atoms with van der Waals surface area (Å²) >= 11 is 0. The molecule has 4 aromatic rings. The second-order valence-electron chi connectivity index (χ2n) is 16.6. The number of aromatic nitrogens is 5. The van der Waals surface area contributed by atoms with Gasteiger partial charge < -0.3 is 40.3 Å². The second kappa shape index (κ2) is 18.8. The average Bonchev–Trinajstić information content (AvgIpc) is 3.52. The smallest absolute Gasteiger partial charge is 0.254 e. The number of fused-ring (bicyclic) bond motifs is 1. The van der Waals surface area contributed by atoms with Crippen LogP contribution in [0.5, 0.6) is 0 Å². The number of rotatable bonds is 17. The van der Waals surface area contributed by atoms with Gasteiger partial charge in [0, 0.05) is 75.3 Å². The number of benzene rings is 1. The van der Waals surface area contributed by atoms with Crippen molar-refractivity contribution in [2.24, 2.45) is 5.41 Å². The molecule has 19 heteroatoms. The van der Waals surface area contributed by atoms with Gasteiger partial charge in [-0.1, -0.05) is 20.8 Å². The number of H-pyrrole nitrogens is 1. The first-order valence-electron chi connectivity index (χ1n) is 20.5. The van der Waals surface area contributed by atoms with E-state index in [1.54, 1.807) is 40.5 Å². The van der Waals surface area contributed by atoms with Crippen LogP contribution in [0.25, 0.3) is 16.9 Å². The summed E-state index contributed by atoms with van der Waals surface area (Å²) < 4.78 is 28.4. The van der Waals surface area contributed by atoms with Crippen LogP contribution in [0.2, 0.25) is 0 Å². The Balaban J connectivity index is 0.787. The van der Waals surface area contributed by atoms with Gasteiger partial charge in [-0.25, -0.2) is 14.4 Å². The summed E-state index contributed by atoms with van der Waals surface area (Å²) in [5.74, 6) is -0.929. The van der Waals surface area contributed by atoms with Crippen LogP contribution in [-0.2, 0) is 23.9 Å². The number of amides is 4. The number of aliphatic hydroxyl groups is 1. The largest absolute Gasteiger partial charge is 0.391 e. The molecule has 3 fully saturated rings. The van der Waals surface area contributed by atoms with E-state index in [9.17, 15) is 24.3 Å². The van der Waals surface area contributed by atoms with Crippen molar-refractivity contribution in [1.82, 2.24) is 49.9 Å². The number of carbonyl (C=O) groups is 4. The molecule has 0 spiro atoms. The Morgan fingerprint density at radius 3 is 2.45 bits per heavy atom.